The van der Waals surface area contributed by atoms with Gasteiger partial charge in [0.25, 0.3) is 0 Å². The molecule has 5 aromatic rings. The van der Waals surface area contributed by atoms with Gasteiger partial charge in [-0.2, -0.15) is 0 Å². The summed E-state index contributed by atoms with van der Waals surface area (Å²) in [4.78, 5) is 27.7. The summed E-state index contributed by atoms with van der Waals surface area (Å²) in [6, 6.07) is 14.2. The number of ether oxygens (including phenoxy) is 4. The first-order valence-electron chi connectivity index (χ1n) is 15.9. The van der Waals surface area contributed by atoms with Crippen LogP contribution in [0.1, 0.15) is 75.5 Å². The van der Waals surface area contributed by atoms with E-state index in [4.69, 9.17) is 18.9 Å². The number of carbonyl (C=O) groups excluding carboxylic acids is 2. The van der Waals surface area contributed by atoms with Crippen molar-refractivity contribution in [2.24, 2.45) is 0 Å². The van der Waals surface area contributed by atoms with Gasteiger partial charge in [-0.05, 0) is 117 Å². The molecule has 0 saturated heterocycles. The number of hydrogen-bond donors (Lipinski definition) is 1. The lowest BCUT2D eigenvalue weighted by Crippen LogP contribution is -2.13. The number of carbonyl (C=O) groups is 2. The number of methoxy groups -OCH3 is 2. The van der Waals surface area contributed by atoms with Gasteiger partial charge in [0.05, 0.1) is 38.5 Å². The van der Waals surface area contributed by atoms with Crippen LogP contribution < -0.4 is 9.47 Å². The molecule has 9 heteroatoms. The summed E-state index contributed by atoms with van der Waals surface area (Å²) in [5.41, 5.74) is 9.13. The van der Waals surface area contributed by atoms with E-state index in [0.29, 0.717) is 31.1 Å². The molecule has 0 aliphatic heterocycles. The molecule has 2 heterocycles. The van der Waals surface area contributed by atoms with Crippen LogP contribution in [0.25, 0.3) is 21.8 Å². The molecule has 0 amide bonds. The second-order valence-electron chi connectivity index (χ2n) is 11.6. The van der Waals surface area contributed by atoms with E-state index in [2.05, 4.69) is 17.1 Å². The molecule has 0 bridgehead atoms. The summed E-state index contributed by atoms with van der Waals surface area (Å²) in [6.45, 7) is 4.76. The molecular weight excluding hydrogens is 587 g/mol. The highest BCUT2D eigenvalue weighted by molar-refractivity contribution is 6.00. The molecule has 0 unspecified atom stereocenters. The number of nitrogens with one attached hydrogen (secondary N) is 1. The molecule has 2 aliphatic carbocycles. The zero-order valence-corrected chi connectivity index (χ0v) is 26.8. The van der Waals surface area contributed by atoms with Gasteiger partial charge in [0.2, 0.25) is 0 Å². The lowest BCUT2D eigenvalue weighted by molar-refractivity contribution is 0.0508. The standard InChI is InChI=1S/C22H22FNO3.C15H17NO3/c1-3-27-22(25)19-12-18-20(26-2)11-15-5-4-6-17(15)21(18)24(19)13-14-7-9-16(23)10-8-14;1-3-19-15(17)12-8-11-13(18-2)7-9-5-4-6-10(9)14(11)16-12/h7-12H,3-6,13H2,1-2H3;7-8,16H,3-6H2,1-2H3. The number of aromatic nitrogens is 2. The van der Waals surface area contributed by atoms with Crippen molar-refractivity contribution in [3.05, 3.63) is 93.6 Å². The molecule has 0 spiro atoms. The Hall–Kier alpha value is -4.79. The molecule has 0 radical (unpaired) electrons. The van der Waals surface area contributed by atoms with Crippen molar-refractivity contribution < 1.29 is 32.9 Å². The summed E-state index contributed by atoms with van der Waals surface area (Å²) in [6.07, 6.45) is 6.37. The average molecular weight is 627 g/mol. The van der Waals surface area contributed by atoms with Gasteiger partial charge in [-0.1, -0.05) is 12.1 Å². The lowest BCUT2D eigenvalue weighted by Gasteiger charge is -2.14. The minimum atomic E-state index is -0.357. The third-order valence-corrected chi connectivity index (χ3v) is 8.84. The Labute approximate surface area is 267 Å². The molecule has 1 N–H and O–H groups in total. The molecule has 240 valence electrons. The van der Waals surface area contributed by atoms with Crippen LogP contribution in [0, 0.1) is 5.82 Å². The third kappa shape index (κ3) is 5.82. The smallest absolute Gasteiger partial charge is 0.354 e. The predicted octanol–water partition coefficient (Wildman–Crippen LogP) is 7.34. The average Bonchev–Trinajstić information content (AvgIpc) is 3.86. The molecule has 0 atom stereocenters. The minimum absolute atomic E-state index is 0.274. The molecule has 0 fully saturated rings. The van der Waals surface area contributed by atoms with Crippen LogP contribution in [-0.4, -0.2) is 48.9 Å². The van der Waals surface area contributed by atoms with Crippen molar-refractivity contribution in [2.45, 2.75) is 58.9 Å². The number of hydrogen-bond acceptors (Lipinski definition) is 6. The number of aromatic amines is 1. The van der Waals surface area contributed by atoms with Crippen molar-refractivity contribution in [3.63, 3.8) is 0 Å². The van der Waals surface area contributed by atoms with Gasteiger partial charge in [-0.15, -0.1) is 0 Å². The third-order valence-electron chi connectivity index (χ3n) is 8.84. The summed E-state index contributed by atoms with van der Waals surface area (Å²) in [5.74, 6) is 0.651. The maximum atomic E-state index is 13.3. The number of esters is 2. The van der Waals surface area contributed by atoms with Crippen LogP contribution in [-0.2, 0) is 41.7 Å². The minimum Gasteiger partial charge on any atom is -0.496 e. The first-order valence-corrected chi connectivity index (χ1v) is 15.9. The van der Waals surface area contributed by atoms with Crippen LogP contribution in [0.2, 0.25) is 0 Å². The first-order chi connectivity index (χ1) is 22.4. The van der Waals surface area contributed by atoms with E-state index in [9.17, 15) is 14.0 Å². The monoisotopic (exact) mass is 626 g/mol. The van der Waals surface area contributed by atoms with Gasteiger partial charge in [-0.25, -0.2) is 14.0 Å². The number of halogens is 1. The zero-order chi connectivity index (χ0) is 32.4. The number of rotatable bonds is 8. The van der Waals surface area contributed by atoms with E-state index in [1.807, 2.05) is 16.7 Å². The Kier molecular flexibility index (Phi) is 9.01. The van der Waals surface area contributed by atoms with E-state index < -0.39 is 0 Å². The summed E-state index contributed by atoms with van der Waals surface area (Å²) in [5, 5.41) is 1.88. The maximum absolute atomic E-state index is 13.3. The Balaban J connectivity index is 0.000000172. The van der Waals surface area contributed by atoms with Crippen LogP contribution >= 0.6 is 0 Å². The Bertz CT molecular complexity index is 1920. The van der Waals surface area contributed by atoms with Gasteiger partial charge in [0, 0.05) is 17.3 Å². The number of H-pyrrole nitrogens is 1. The molecule has 7 rings (SSSR count). The van der Waals surface area contributed by atoms with Crippen molar-refractivity contribution in [3.8, 4) is 11.5 Å². The topological polar surface area (TPSA) is 91.8 Å². The molecule has 46 heavy (non-hydrogen) atoms. The zero-order valence-electron chi connectivity index (χ0n) is 26.8. The van der Waals surface area contributed by atoms with E-state index in [1.54, 1.807) is 40.2 Å². The fourth-order valence-electron chi connectivity index (χ4n) is 6.80. The van der Waals surface area contributed by atoms with Crippen LogP contribution in [0.5, 0.6) is 11.5 Å². The molecule has 3 aromatic carbocycles. The second kappa shape index (κ2) is 13.3. The van der Waals surface area contributed by atoms with Gasteiger partial charge < -0.3 is 28.5 Å². The van der Waals surface area contributed by atoms with Crippen molar-refractivity contribution in [1.29, 1.82) is 0 Å². The van der Waals surface area contributed by atoms with Crippen molar-refractivity contribution in [1.82, 2.24) is 9.55 Å². The SMILES string of the molecule is CCOC(=O)c1cc2c(OC)cc3c(c2[nH]1)CCC3.CCOC(=O)c1cc2c(OC)cc3c(c2n1Cc1ccc(F)cc1)CCC3. The molecule has 8 nitrogen and oxygen atoms in total. The number of nitrogens with zero attached hydrogens (tertiary/aromatic N) is 1. The van der Waals surface area contributed by atoms with Gasteiger partial charge in [-0.3, -0.25) is 0 Å². The van der Waals surface area contributed by atoms with E-state index >= 15 is 0 Å². The normalized spacial score (nSPS) is 13.2. The number of fused-ring (bicyclic) bond motifs is 6. The Morgan fingerprint density at radius 3 is 2.04 bits per heavy atom. The molecule has 2 aliphatic rings. The van der Waals surface area contributed by atoms with E-state index in [0.717, 1.165) is 77.4 Å². The predicted molar refractivity (Wildman–Crippen MR) is 175 cm³/mol. The van der Waals surface area contributed by atoms with E-state index in [1.165, 1.54) is 34.4 Å². The molecule has 2 aromatic heterocycles. The first kappa shape index (κ1) is 31.2. The summed E-state index contributed by atoms with van der Waals surface area (Å²) in [7, 11) is 3.31. The lowest BCUT2D eigenvalue weighted by atomic mass is 10.1. The number of aryl methyl sites for hydroxylation is 4. The van der Waals surface area contributed by atoms with Crippen molar-refractivity contribution in [2.75, 3.05) is 27.4 Å². The molecular formula is C37H39FN2O6. The second-order valence-corrected chi connectivity index (χ2v) is 11.6. The van der Waals surface area contributed by atoms with Crippen LogP contribution in [0.15, 0.2) is 48.5 Å². The largest absolute Gasteiger partial charge is 0.496 e. The highest BCUT2D eigenvalue weighted by atomic mass is 19.1. The highest BCUT2D eigenvalue weighted by Crippen LogP contribution is 2.39. The fourth-order valence-corrected chi connectivity index (χ4v) is 6.80. The van der Waals surface area contributed by atoms with E-state index in [-0.39, 0.29) is 17.8 Å². The van der Waals surface area contributed by atoms with Gasteiger partial charge in [0.15, 0.2) is 0 Å². The van der Waals surface area contributed by atoms with Gasteiger partial charge >= 0.3 is 11.9 Å². The maximum Gasteiger partial charge on any atom is 0.354 e. The quantitative estimate of drug-likeness (QED) is 0.181. The van der Waals surface area contributed by atoms with Crippen LogP contribution in [0.3, 0.4) is 0 Å². The summed E-state index contributed by atoms with van der Waals surface area (Å²) >= 11 is 0. The van der Waals surface area contributed by atoms with Gasteiger partial charge in [0.1, 0.15) is 28.7 Å². The fraction of sp³-hybridized carbons (Fsp3) is 0.351. The Morgan fingerprint density at radius 1 is 0.783 bits per heavy atom. The number of benzene rings is 3. The molecule has 0 saturated carbocycles. The van der Waals surface area contributed by atoms with Crippen molar-refractivity contribution >= 4 is 33.7 Å². The van der Waals surface area contributed by atoms with Crippen LogP contribution in [0.4, 0.5) is 4.39 Å². The summed E-state index contributed by atoms with van der Waals surface area (Å²) < 4.78 is 36.7. The Morgan fingerprint density at radius 2 is 1.39 bits per heavy atom. The highest BCUT2D eigenvalue weighted by Gasteiger charge is 2.26.